The number of guanidine groups is 1. The molecule has 2 N–H and O–H groups in total. The molecule has 0 atom stereocenters. The molecule has 0 fully saturated rings. The number of benzene rings is 2. The Hall–Kier alpha value is -3.06. The van der Waals surface area contributed by atoms with E-state index in [1.54, 1.807) is 7.05 Å². The lowest BCUT2D eigenvalue weighted by Gasteiger charge is -2.11. The van der Waals surface area contributed by atoms with Gasteiger partial charge in [0.2, 0.25) is 0 Å². The molecular weight excluding hydrogens is 380 g/mol. The van der Waals surface area contributed by atoms with Gasteiger partial charge in [-0.3, -0.25) is 9.39 Å². The summed E-state index contributed by atoms with van der Waals surface area (Å²) in [5.41, 5.74) is 2.23. The van der Waals surface area contributed by atoms with Crippen LogP contribution in [0, 0.1) is 0 Å². The predicted octanol–water partition coefficient (Wildman–Crippen LogP) is 3.48. The smallest absolute Gasteiger partial charge is 0.191 e. The van der Waals surface area contributed by atoms with Gasteiger partial charge >= 0.3 is 0 Å². The summed E-state index contributed by atoms with van der Waals surface area (Å²) in [6, 6.07) is 20.9. The molecule has 0 bridgehead atoms. The molecule has 0 aliphatic heterocycles. The fourth-order valence-corrected chi connectivity index (χ4v) is 4.10. The summed E-state index contributed by atoms with van der Waals surface area (Å²) < 4.78 is 1.97. The molecule has 2 aromatic carbocycles. The topological polar surface area (TPSA) is 66.6 Å². The van der Waals surface area contributed by atoms with Gasteiger partial charge in [-0.25, -0.2) is 0 Å². The van der Waals surface area contributed by atoms with Crippen LogP contribution in [0.4, 0.5) is 0 Å². The van der Waals surface area contributed by atoms with Crippen LogP contribution in [0.3, 0.4) is 0 Å². The molecule has 2 heterocycles. The van der Waals surface area contributed by atoms with E-state index >= 15 is 0 Å². The zero-order valence-electron chi connectivity index (χ0n) is 16.4. The molecule has 7 heteroatoms. The van der Waals surface area contributed by atoms with Crippen LogP contribution in [0.5, 0.6) is 0 Å². The van der Waals surface area contributed by atoms with E-state index in [1.807, 2.05) is 40.6 Å². The Morgan fingerprint density at radius 2 is 1.86 bits per heavy atom. The molecule has 2 aromatic heterocycles. The van der Waals surface area contributed by atoms with Crippen LogP contribution in [-0.2, 0) is 12.3 Å². The largest absolute Gasteiger partial charge is 0.356 e. The Balaban J connectivity index is 1.23. The van der Waals surface area contributed by atoms with Gasteiger partial charge in [-0.2, -0.15) is 11.8 Å². The highest BCUT2D eigenvalue weighted by atomic mass is 32.2. The third-order valence-corrected chi connectivity index (χ3v) is 5.71. The fourth-order valence-electron chi connectivity index (χ4n) is 3.24. The lowest BCUT2D eigenvalue weighted by molar-refractivity contribution is 0.773. The van der Waals surface area contributed by atoms with Gasteiger partial charge in [-0.05, 0) is 28.5 Å². The fraction of sp³-hybridized carbons (Fsp3) is 0.227. The van der Waals surface area contributed by atoms with E-state index < -0.39 is 0 Å². The Bertz CT molecular complexity index is 1120. The number of aliphatic imine (C=N–C) groups is 1. The van der Waals surface area contributed by atoms with Crippen LogP contribution in [-0.4, -0.2) is 39.9 Å². The van der Waals surface area contributed by atoms with Crippen molar-refractivity contribution in [1.29, 1.82) is 0 Å². The van der Waals surface area contributed by atoms with E-state index in [2.05, 4.69) is 68.3 Å². The third-order valence-electron chi connectivity index (χ3n) is 4.70. The highest BCUT2D eigenvalue weighted by Crippen LogP contribution is 2.22. The maximum Gasteiger partial charge on any atom is 0.191 e. The van der Waals surface area contributed by atoms with Crippen LogP contribution in [0.25, 0.3) is 16.4 Å². The van der Waals surface area contributed by atoms with Crippen molar-refractivity contribution in [2.24, 2.45) is 4.99 Å². The van der Waals surface area contributed by atoms with Crippen molar-refractivity contribution in [2.45, 2.75) is 12.3 Å². The van der Waals surface area contributed by atoms with Gasteiger partial charge < -0.3 is 10.6 Å². The number of hydrogen-bond donors (Lipinski definition) is 2. The normalized spacial score (nSPS) is 11.8. The maximum atomic E-state index is 4.29. The molecule has 0 saturated carbocycles. The molecule has 4 rings (SSSR count). The molecule has 0 unspecified atom stereocenters. The van der Waals surface area contributed by atoms with Gasteiger partial charge in [0.15, 0.2) is 17.4 Å². The van der Waals surface area contributed by atoms with E-state index in [1.165, 1.54) is 16.3 Å². The molecular formula is C22H24N6S. The first-order valence-electron chi connectivity index (χ1n) is 9.63. The lowest BCUT2D eigenvalue weighted by atomic mass is 10.1. The molecule has 0 amide bonds. The molecule has 4 aromatic rings. The van der Waals surface area contributed by atoms with Gasteiger partial charge in [0.25, 0.3) is 0 Å². The molecule has 6 nitrogen and oxygen atoms in total. The van der Waals surface area contributed by atoms with Crippen molar-refractivity contribution in [3.63, 3.8) is 0 Å². The van der Waals surface area contributed by atoms with E-state index in [4.69, 9.17) is 0 Å². The van der Waals surface area contributed by atoms with Gasteiger partial charge in [0.05, 0.1) is 6.54 Å². The summed E-state index contributed by atoms with van der Waals surface area (Å²) >= 11 is 1.92. The van der Waals surface area contributed by atoms with Gasteiger partial charge in [0, 0.05) is 31.3 Å². The minimum Gasteiger partial charge on any atom is -0.356 e. The summed E-state index contributed by atoms with van der Waals surface area (Å²) in [5.74, 6) is 3.62. The van der Waals surface area contributed by atoms with Crippen LogP contribution >= 0.6 is 11.8 Å². The van der Waals surface area contributed by atoms with Crippen molar-refractivity contribution < 1.29 is 0 Å². The highest BCUT2D eigenvalue weighted by molar-refractivity contribution is 7.98. The standard InChI is InChI=1S/C22H24N6S/c1-23-22(25-15-21-27-26-20-11-4-5-13-28(20)21)24-12-14-29-16-18-9-6-8-17-7-2-3-10-19(17)18/h2-11,13H,12,14-16H2,1H3,(H2,23,24,25). The van der Waals surface area contributed by atoms with Gasteiger partial charge in [-0.1, -0.05) is 48.5 Å². The van der Waals surface area contributed by atoms with Crippen molar-refractivity contribution in [1.82, 2.24) is 25.2 Å². The second kappa shape index (κ2) is 9.43. The minimum atomic E-state index is 0.563. The number of rotatable bonds is 7. The van der Waals surface area contributed by atoms with E-state index in [0.29, 0.717) is 6.54 Å². The summed E-state index contributed by atoms with van der Waals surface area (Å²) in [6.07, 6.45) is 1.96. The number of pyridine rings is 1. The summed E-state index contributed by atoms with van der Waals surface area (Å²) in [5, 5.41) is 17.7. The molecule has 0 saturated heterocycles. The summed E-state index contributed by atoms with van der Waals surface area (Å²) in [6.45, 7) is 1.41. The summed E-state index contributed by atoms with van der Waals surface area (Å²) in [4.78, 5) is 4.29. The minimum absolute atomic E-state index is 0.563. The molecule has 0 spiro atoms. The highest BCUT2D eigenvalue weighted by Gasteiger charge is 2.06. The predicted molar refractivity (Wildman–Crippen MR) is 121 cm³/mol. The van der Waals surface area contributed by atoms with Crippen molar-refractivity contribution in [3.05, 3.63) is 78.2 Å². The number of aromatic nitrogens is 3. The Morgan fingerprint density at radius 1 is 1.00 bits per heavy atom. The number of fused-ring (bicyclic) bond motifs is 2. The zero-order chi connectivity index (χ0) is 19.9. The first-order valence-corrected chi connectivity index (χ1v) is 10.8. The van der Waals surface area contributed by atoms with E-state index in [9.17, 15) is 0 Å². The van der Waals surface area contributed by atoms with E-state index in [0.717, 1.165) is 35.5 Å². The number of hydrogen-bond acceptors (Lipinski definition) is 4. The first kappa shape index (κ1) is 19.3. The Kier molecular flexibility index (Phi) is 6.26. The lowest BCUT2D eigenvalue weighted by Crippen LogP contribution is -2.38. The SMILES string of the molecule is CN=C(NCCSCc1cccc2ccccc12)NCc1nnc2ccccn12. The van der Waals surface area contributed by atoms with Gasteiger partial charge in [0.1, 0.15) is 0 Å². The average molecular weight is 405 g/mol. The molecule has 0 radical (unpaired) electrons. The molecule has 0 aliphatic carbocycles. The average Bonchev–Trinajstić information content (AvgIpc) is 3.19. The number of nitrogens with zero attached hydrogens (tertiary/aromatic N) is 4. The van der Waals surface area contributed by atoms with Crippen LogP contribution in [0.1, 0.15) is 11.4 Å². The summed E-state index contributed by atoms with van der Waals surface area (Å²) in [7, 11) is 1.78. The van der Waals surface area contributed by atoms with Crippen LogP contribution in [0.15, 0.2) is 71.9 Å². The molecule has 0 aliphatic rings. The number of thioether (sulfide) groups is 1. The first-order chi connectivity index (χ1) is 14.3. The maximum absolute atomic E-state index is 4.29. The van der Waals surface area contributed by atoms with E-state index in [-0.39, 0.29) is 0 Å². The van der Waals surface area contributed by atoms with Crippen LogP contribution < -0.4 is 10.6 Å². The zero-order valence-corrected chi connectivity index (χ0v) is 17.2. The van der Waals surface area contributed by atoms with Crippen molar-refractivity contribution in [2.75, 3.05) is 19.3 Å². The second-order valence-corrected chi connectivity index (χ2v) is 7.69. The third kappa shape index (κ3) is 4.68. The monoisotopic (exact) mass is 404 g/mol. The quantitative estimate of drug-likeness (QED) is 0.280. The Morgan fingerprint density at radius 3 is 2.79 bits per heavy atom. The second-order valence-electron chi connectivity index (χ2n) is 6.59. The van der Waals surface area contributed by atoms with Crippen molar-refractivity contribution in [3.8, 4) is 0 Å². The number of nitrogens with one attached hydrogen (secondary N) is 2. The molecule has 29 heavy (non-hydrogen) atoms. The van der Waals surface area contributed by atoms with Crippen molar-refractivity contribution >= 4 is 34.1 Å². The molecule has 148 valence electrons. The van der Waals surface area contributed by atoms with Crippen LogP contribution in [0.2, 0.25) is 0 Å². The van der Waals surface area contributed by atoms with Gasteiger partial charge in [-0.15, -0.1) is 10.2 Å². The Labute approximate surface area is 174 Å².